The summed E-state index contributed by atoms with van der Waals surface area (Å²) >= 11 is 3.52. The third-order valence-corrected chi connectivity index (χ3v) is 6.82. The predicted octanol–water partition coefficient (Wildman–Crippen LogP) is 3.66. The number of fused-ring (bicyclic) bond motifs is 2. The molecule has 0 saturated heterocycles. The first-order valence-corrected chi connectivity index (χ1v) is 8.94. The van der Waals surface area contributed by atoms with Crippen molar-refractivity contribution in [1.82, 2.24) is 0 Å². The number of aromatic hydroxyl groups is 1. The smallest absolute Gasteiger partial charge is 0.322 e. The van der Waals surface area contributed by atoms with E-state index >= 15 is 0 Å². The molecular formula is C18H24BrNO4. The van der Waals surface area contributed by atoms with Gasteiger partial charge in [-0.1, -0.05) is 36.7 Å². The Labute approximate surface area is 150 Å². The molecule has 0 aliphatic heterocycles. The number of phenolic OH excluding ortho intramolecular Hbond substituents is 1. The van der Waals surface area contributed by atoms with E-state index in [2.05, 4.69) is 42.0 Å². The fourth-order valence-electron chi connectivity index (χ4n) is 3.73. The Morgan fingerprint density at radius 2 is 1.88 bits per heavy atom. The van der Waals surface area contributed by atoms with Crippen molar-refractivity contribution in [2.24, 2.45) is 16.7 Å². The molecule has 0 spiro atoms. The number of aliphatic carboxylic acids is 1. The summed E-state index contributed by atoms with van der Waals surface area (Å²) in [7, 11) is 0. The Bertz CT molecular complexity index is 628. The maximum atomic E-state index is 11.9. The first-order valence-electron chi connectivity index (χ1n) is 8.02. The lowest BCUT2D eigenvalue weighted by molar-refractivity contribution is -0.135. The van der Waals surface area contributed by atoms with E-state index < -0.39 is 5.97 Å². The third kappa shape index (κ3) is 3.29. The van der Waals surface area contributed by atoms with Gasteiger partial charge in [-0.3, -0.25) is 9.59 Å². The lowest BCUT2D eigenvalue weighted by Crippen LogP contribution is -2.33. The van der Waals surface area contributed by atoms with E-state index in [4.69, 9.17) is 10.2 Å². The van der Waals surface area contributed by atoms with Gasteiger partial charge in [-0.05, 0) is 48.4 Å². The second-order valence-corrected chi connectivity index (χ2v) is 8.25. The Morgan fingerprint density at radius 1 is 1.29 bits per heavy atom. The molecule has 2 fully saturated rings. The number of phenols is 1. The maximum absolute atomic E-state index is 11.9. The Hall–Kier alpha value is -1.56. The first kappa shape index (κ1) is 18.8. The van der Waals surface area contributed by atoms with E-state index in [0.29, 0.717) is 17.4 Å². The van der Waals surface area contributed by atoms with Crippen molar-refractivity contribution in [1.29, 1.82) is 0 Å². The van der Waals surface area contributed by atoms with Crippen molar-refractivity contribution < 1.29 is 19.8 Å². The molecule has 2 aliphatic rings. The summed E-state index contributed by atoms with van der Waals surface area (Å²) in [5.74, 6) is 0.248. The van der Waals surface area contributed by atoms with E-state index in [1.807, 2.05) is 0 Å². The van der Waals surface area contributed by atoms with Crippen LogP contribution in [0.15, 0.2) is 24.3 Å². The number of hydrogen-bond acceptors (Lipinski definition) is 4. The lowest BCUT2D eigenvalue weighted by Gasteiger charge is -2.32. The number of carbonyl (C=O) groups excluding carboxylic acids is 1. The highest BCUT2D eigenvalue weighted by Crippen LogP contribution is 2.65. The number of nitrogens with one attached hydrogen (secondary N) is 1. The van der Waals surface area contributed by atoms with Crippen LogP contribution in [0.25, 0.3) is 0 Å². The number of anilines is 1. The normalized spacial score (nSPS) is 29.8. The summed E-state index contributed by atoms with van der Waals surface area (Å²) in [4.78, 5) is 22.1. The van der Waals surface area contributed by atoms with E-state index in [9.17, 15) is 9.59 Å². The van der Waals surface area contributed by atoms with Gasteiger partial charge in [-0.15, -0.1) is 0 Å². The molecule has 1 aromatic carbocycles. The molecule has 3 atom stereocenters. The highest BCUT2D eigenvalue weighted by atomic mass is 79.9. The first-order chi connectivity index (χ1) is 11.1. The summed E-state index contributed by atoms with van der Waals surface area (Å²) in [5.41, 5.74) is 0.833. The van der Waals surface area contributed by atoms with Crippen LogP contribution in [0.4, 0.5) is 5.69 Å². The van der Waals surface area contributed by atoms with Crippen LogP contribution in [-0.4, -0.2) is 33.3 Å². The molecule has 0 radical (unpaired) electrons. The molecule has 5 nitrogen and oxygen atoms in total. The van der Waals surface area contributed by atoms with Gasteiger partial charge >= 0.3 is 5.97 Å². The molecule has 0 heterocycles. The molecule has 2 aliphatic carbocycles. The van der Waals surface area contributed by atoms with Gasteiger partial charge in [0.05, 0.1) is 4.83 Å². The molecular weight excluding hydrogens is 374 g/mol. The molecule has 1 aromatic rings. The van der Waals surface area contributed by atoms with Crippen molar-refractivity contribution in [3.05, 3.63) is 24.3 Å². The summed E-state index contributed by atoms with van der Waals surface area (Å²) in [6, 6.07) is 6.20. The van der Waals surface area contributed by atoms with Crippen LogP contribution in [-0.2, 0) is 9.59 Å². The van der Waals surface area contributed by atoms with Crippen LogP contribution < -0.4 is 5.32 Å². The van der Waals surface area contributed by atoms with Gasteiger partial charge < -0.3 is 15.5 Å². The van der Waals surface area contributed by atoms with Gasteiger partial charge in [-0.25, -0.2) is 0 Å². The molecule has 0 aromatic heterocycles. The van der Waals surface area contributed by atoms with Crippen LogP contribution in [0.2, 0.25) is 0 Å². The quantitative estimate of drug-likeness (QED) is 0.534. The summed E-state index contributed by atoms with van der Waals surface area (Å²) in [6.45, 7) is 6.50. The van der Waals surface area contributed by atoms with Gasteiger partial charge in [0.2, 0.25) is 0 Å². The summed E-state index contributed by atoms with van der Waals surface area (Å²) < 4.78 is 0. The number of alkyl halides is 1. The van der Waals surface area contributed by atoms with Gasteiger partial charge in [-0.2, -0.15) is 0 Å². The number of carboxylic acids is 1. The summed E-state index contributed by atoms with van der Waals surface area (Å²) in [5, 5.41) is 19.9. The SMILES string of the molecule is CC12CCC(C(Br)C1=O)C2(C)C.O=C(O)CNc1ccc(O)cc1. The third-order valence-electron chi connectivity index (χ3n) is 5.76. The zero-order valence-electron chi connectivity index (χ0n) is 14.2. The number of hydrogen-bond donors (Lipinski definition) is 3. The van der Waals surface area contributed by atoms with Crippen LogP contribution in [0.1, 0.15) is 33.6 Å². The number of ketones is 1. The van der Waals surface area contributed by atoms with E-state index in [1.165, 1.54) is 18.6 Å². The van der Waals surface area contributed by atoms with Gasteiger partial charge in [0.15, 0.2) is 5.78 Å². The van der Waals surface area contributed by atoms with Crippen LogP contribution in [0.5, 0.6) is 5.75 Å². The van der Waals surface area contributed by atoms with E-state index in [1.54, 1.807) is 12.1 Å². The number of carboxylic acid groups (broad SMARTS) is 1. The van der Waals surface area contributed by atoms with Gasteiger partial charge in [0.25, 0.3) is 0 Å². The maximum Gasteiger partial charge on any atom is 0.322 e. The molecule has 6 heteroatoms. The highest BCUT2D eigenvalue weighted by Gasteiger charge is 2.65. The average Bonchev–Trinajstić information content (AvgIpc) is 2.82. The molecule has 3 N–H and O–H groups in total. The molecule has 2 saturated carbocycles. The zero-order valence-corrected chi connectivity index (χ0v) is 15.8. The van der Waals surface area contributed by atoms with Crippen molar-refractivity contribution in [3.63, 3.8) is 0 Å². The monoisotopic (exact) mass is 397 g/mol. The van der Waals surface area contributed by atoms with Gasteiger partial charge in [0, 0.05) is 11.1 Å². The number of rotatable bonds is 3. The highest BCUT2D eigenvalue weighted by molar-refractivity contribution is 9.10. The number of Topliss-reactive ketones (excluding diaryl/α,β-unsaturated/α-hetero) is 1. The second kappa shape index (κ2) is 6.75. The standard InChI is InChI=1S/C10H15BrO.C8H9NO3/c1-9(2)6-4-5-10(9,3)8(12)7(6)11;10-7-3-1-6(2-4-7)9-5-8(11)12/h6-7H,4-5H2,1-3H3;1-4,9-10H,5H2,(H,11,12). The van der Waals surface area contributed by atoms with Crippen LogP contribution in [0.3, 0.4) is 0 Å². The number of benzene rings is 1. The molecule has 2 bridgehead atoms. The van der Waals surface area contributed by atoms with Gasteiger partial charge in [0.1, 0.15) is 12.3 Å². The van der Waals surface area contributed by atoms with Crippen molar-refractivity contribution >= 4 is 33.4 Å². The van der Waals surface area contributed by atoms with Crippen LogP contribution >= 0.6 is 15.9 Å². The second-order valence-electron chi connectivity index (χ2n) is 7.26. The fourth-order valence-corrected chi connectivity index (χ4v) is 5.16. The number of carbonyl (C=O) groups is 2. The zero-order chi connectivity index (χ0) is 18.1. The topological polar surface area (TPSA) is 86.6 Å². The van der Waals surface area contributed by atoms with Crippen molar-refractivity contribution in [2.45, 2.75) is 38.4 Å². The molecule has 0 amide bonds. The minimum atomic E-state index is -0.914. The summed E-state index contributed by atoms with van der Waals surface area (Å²) in [6.07, 6.45) is 2.30. The van der Waals surface area contributed by atoms with Crippen molar-refractivity contribution in [3.8, 4) is 5.75 Å². The van der Waals surface area contributed by atoms with E-state index in [0.717, 1.165) is 6.42 Å². The molecule has 3 rings (SSSR count). The fraction of sp³-hybridized carbons (Fsp3) is 0.556. The van der Waals surface area contributed by atoms with Crippen LogP contribution in [0, 0.1) is 16.7 Å². The predicted molar refractivity (Wildman–Crippen MR) is 96.6 cm³/mol. The minimum absolute atomic E-state index is 0.0498. The largest absolute Gasteiger partial charge is 0.508 e. The Morgan fingerprint density at radius 3 is 2.25 bits per heavy atom. The molecule has 24 heavy (non-hydrogen) atoms. The lowest BCUT2D eigenvalue weighted by atomic mass is 9.70. The average molecular weight is 398 g/mol. The molecule has 132 valence electrons. The Balaban J connectivity index is 0.000000174. The van der Waals surface area contributed by atoms with E-state index in [-0.39, 0.29) is 28.0 Å². The van der Waals surface area contributed by atoms with Crippen molar-refractivity contribution in [2.75, 3.05) is 11.9 Å². The Kier molecular flexibility index (Phi) is 5.28. The number of halogens is 1. The minimum Gasteiger partial charge on any atom is -0.508 e. The molecule has 3 unspecified atom stereocenters.